The highest BCUT2D eigenvalue weighted by Crippen LogP contribution is 2.27. The molecule has 5 heteroatoms. The zero-order valence-electron chi connectivity index (χ0n) is 11.5. The van der Waals surface area contributed by atoms with Crippen molar-refractivity contribution >= 4 is 47.8 Å². The van der Waals surface area contributed by atoms with Crippen molar-refractivity contribution in [1.82, 2.24) is 5.32 Å². The molecule has 21 heavy (non-hydrogen) atoms. The molecule has 112 valence electrons. The Hall–Kier alpha value is -0.230. The molecule has 0 aliphatic carbocycles. The zero-order chi connectivity index (χ0) is 15.4. The Kier molecular flexibility index (Phi) is 6.41. The molecule has 2 rings (SSSR count). The number of halogens is 4. The number of benzene rings is 2. The Morgan fingerprint density at radius 3 is 2.29 bits per heavy atom. The van der Waals surface area contributed by atoms with Gasteiger partial charge in [0.2, 0.25) is 0 Å². The van der Waals surface area contributed by atoms with Gasteiger partial charge in [-0.25, -0.2) is 4.39 Å². The Morgan fingerprint density at radius 2 is 1.67 bits per heavy atom. The fraction of sp³-hybridized carbons (Fsp3) is 0.250. The molecule has 0 spiro atoms. The van der Waals surface area contributed by atoms with E-state index in [9.17, 15) is 4.39 Å². The Bertz CT molecular complexity index is 611. The van der Waals surface area contributed by atoms with Crippen molar-refractivity contribution in [2.75, 3.05) is 6.54 Å². The van der Waals surface area contributed by atoms with Crippen LogP contribution in [0.5, 0.6) is 0 Å². The predicted octanol–water partition coefficient (Wildman–Crippen LogP) is 6.01. The van der Waals surface area contributed by atoms with Crippen molar-refractivity contribution in [3.05, 3.63) is 66.8 Å². The molecule has 0 saturated carbocycles. The number of likely N-dealkylation sites (N-methyl/N-ethyl adjacent to an activating group) is 1. The lowest BCUT2D eigenvalue weighted by Gasteiger charge is -2.20. The maximum atomic E-state index is 14.0. The van der Waals surface area contributed by atoms with Gasteiger partial charge in [0, 0.05) is 19.5 Å². The van der Waals surface area contributed by atoms with Gasteiger partial charge in [0.1, 0.15) is 5.82 Å². The second-order valence-electron chi connectivity index (χ2n) is 4.75. The molecule has 1 unspecified atom stereocenters. The van der Waals surface area contributed by atoms with Gasteiger partial charge in [0.05, 0.1) is 0 Å². The molecule has 0 fully saturated rings. The van der Waals surface area contributed by atoms with Crippen LogP contribution in [0.4, 0.5) is 4.39 Å². The number of nitrogens with one attached hydrogen (secondary N) is 1. The van der Waals surface area contributed by atoms with Crippen LogP contribution in [0.15, 0.2) is 49.8 Å². The SMILES string of the molecule is CCNC(Cc1cc(Br)ccc1F)c1cc(Br)cc(Br)c1. The van der Waals surface area contributed by atoms with E-state index < -0.39 is 0 Å². The average Bonchev–Trinajstić information content (AvgIpc) is 2.41. The van der Waals surface area contributed by atoms with Crippen molar-refractivity contribution < 1.29 is 4.39 Å². The maximum absolute atomic E-state index is 14.0. The molecule has 0 aliphatic rings. The lowest BCUT2D eigenvalue weighted by atomic mass is 9.98. The van der Waals surface area contributed by atoms with Crippen molar-refractivity contribution in [3.8, 4) is 0 Å². The highest BCUT2D eigenvalue weighted by Gasteiger charge is 2.15. The molecule has 2 aromatic rings. The van der Waals surface area contributed by atoms with E-state index in [2.05, 4.69) is 72.2 Å². The quantitative estimate of drug-likeness (QED) is 0.554. The first-order valence-electron chi connectivity index (χ1n) is 6.63. The summed E-state index contributed by atoms with van der Waals surface area (Å²) in [6.45, 7) is 2.88. The minimum Gasteiger partial charge on any atom is -0.310 e. The molecule has 0 saturated heterocycles. The Balaban J connectivity index is 2.32. The van der Waals surface area contributed by atoms with Crippen molar-refractivity contribution in [2.45, 2.75) is 19.4 Å². The summed E-state index contributed by atoms with van der Waals surface area (Å²) in [5.74, 6) is -0.171. The van der Waals surface area contributed by atoms with Crippen LogP contribution in [0, 0.1) is 5.82 Å². The maximum Gasteiger partial charge on any atom is 0.126 e. The summed E-state index contributed by atoms with van der Waals surface area (Å²) in [6.07, 6.45) is 0.599. The zero-order valence-corrected chi connectivity index (χ0v) is 16.2. The minimum absolute atomic E-state index is 0.0626. The number of rotatable bonds is 5. The Labute approximate surface area is 149 Å². The Morgan fingerprint density at radius 1 is 1.00 bits per heavy atom. The number of hydrogen-bond acceptors (Lipinski definition) is 1. The molecule has 0 radical (unpaired) electrons. The highest BCUT2D eigenvalue weighted by atomic mass is 79.9. The van der Waals surface area contributed by atoms with Crippen LogP contribution in [-0.2, 0) is 6.42 Å². The standard InChI is InChI=1S/C16H15Br3FN/c1-2-21-16(11-6-13(18)9-14(19)7-11)8-10-5-12(17)3-4-15(10)20/h3-7,9,16,21H,2,8H2,1H3. The third-order valence-electron chi connectivity index (χ3n) is 3.17. The van der Waals surface area contributed by atoms with Gasteiger partial charge in [-0.05, 0) is 60.5 Å². The molecule has 0 aliphatic heterocycles. The molecule has 0 bridgehead atoms. The fourth-order valence-electron chi connectivity index (χ4n) is 2.25. The van der Waals surface area contributed by atoms with Gasteiger partial charge in [-0.2, -0.15) is 0 Å². The lowest BCUT2D eigenvalue weighted by Crippen LogP contribution is -2.23. The first-order valence-corrected chi connectivity index (χ1v) is 9.00. The van der Waals surface area contributed by atoms with E-state index in [0.29, 0.717) is 12.0 Å². The lowest BCUT2D eigenvalue weighted by molar-refractivity contribution is 0.527. The van der Waals surface area contributed by atoms with E-state index in [4.69, 9.17) is 0 Å². The largest absolute Gasteiger partial charge is 0.310 e. The predicted molar refractivity (Wildman–Crippen MR) is 96.1 cm³/mol. The third kappa shape index (κ3) is 4.88. The minimum atomic E-state index is -0.171. The molecule has 1 atom stereocenters. The molecular weight excluding hydrogens is 465 g/mol. The molecule has 1 N–H and O–H groups in total. The van der Waals surface area contributed by atoms with Gasteiger partial charge in [0.15, 0.2) is 0 Å². The van der Waals surface area contributed by atoms with Crippen molar-refractivity contribution in [2.24, 2.45) is 0 Å². The van der Waals surface area contributed by atoms with Gasteiger partial charge in [-0.3, -0.25) is 0 Å². The molecule has 0 aromatic heterocycles. The highest BCUT2D eigenvalue weighted by molar-refractivity contribution is 9.11. The van der Waals surface area contributed by atoms with Crippen LogP contribution >= 0.6 is 47.8 Å². The van der Waals surface area contributed by atoms with Crippen LogP contribution in [0.25, 0.3) is 0 Å². The van der Waals surface area contributed by atoms with E-state index in [-0.39, 0.29) is 11.9 Å². The summed E-state index contributed by atoms with van der Waals surface area (Å²) in [5.41, 5.74) is 1.82. The van der Waals surface area contributed by atoms with Crippen LogP contribution in [-0.4, -0.2) is 6.54 Å². The monoisotopic (exact) mass is 477 g/mol. The van der Waals surface area contributed by atoms with Crippen LogP contribution in [0.3, 0.4) is 0 Å². The smallest absolute Gasteiger partial charge is 0.126 e. The average molecular weight is 480 g/mol. The number of hydrogen-bond donors (Lipinski definition) is 1. The molecule has 0 heterocycles. The van der Waals surface area contributed by atoms with Gasteiger partial charge in [0.25, 0.3) is 0 Å². The van der Waals surface area contributed by atoms with E-state index in [1.807, 2.05) is 12.1 Å². The second kappa shape index (κ2) is 7.86. The van der Waals surface area contributed by atoms with Crippen LogP contribution in [0.1, 0.15) is 24.1 Å². The van der Waals surface area contributed by atoms with E-state index in [1.165, 1.54) is 6.07 Å². The molecular formula is C16H15Br3FN. The molecule has 1 nitrogen and oxygen atoms in total. The summed E-state index contributed by atoms with van der Waals surface area (Å²) >= 11 is 10.4. The first-order chi connectivity index (χ1) is 9.99. The fourth-order valence-corrected chi connectivity index (χ4v) is 3.99. The first kappa shape index (κ1) is 17.1. The summed E-state index contributed by atoms with van der Waals surface area (Å²) < 4.78 is 16.9. The van der Waals surface area contributed by atoms with Crippen LogP contribution in [0.2, 0.25) is 0 Å². The topological polar surface area (TPSA) is 12.0 Å². The van der Waals surface area contributed by atoms with Gasteiger partial charge in [-0.15, -0.1) is 0 Å². The molecule has 0 amide bonds. The van der Waals surface area contributed by atoms with Crippen molar-refractivity contribution in [3.63, 3.8) is 0 Å². The van der Waals surface area contributed by atoms with Gasteiger partial charge < -0.3 is 5.32 Å². The van der Waals surface area contributed by atoms with Crippen LogP contribution < -0.4 is 5.32 Å². The summed E-state index contributed by atoms with van der Waals surface area (Å²) in [5, 5.41) is 3.42. The normalized spacial score (nSPS) is 12.4. The summed E-state index contributed by atoms with van der Waals surface area (Å²) in [4.78, 5) is 0. The summed E-state index contributed by atoms with van der Waals surface area (Å²) in [6, 6.07) is 11.2. The third-order valence-corrected chi connectivity index (χ3v) is 4.58. The van der Waals surface area contributed by atoms with E-state index >= 15 is 0 Å². The second-order valence-corrected chi connectivity index (χ2v) is 7.50. The van der Waals surface area contributed by atoms with Gasteiger partial charge >= 0.3 is 0 Å². The van der Waals surface area contributed by atoms with E-state index in [0.717, 1.165) is 25.5 Å². The van der Waals surface area contributed by atoms with E-state index in [1.54, 1.807) is 6.07 Å². The summed E-state index contributed by atoms with van der Waals surface area (Å²) in [7, 11) is 0. The van der Waals surface area contributed by atoms with Crippen molar-refractivity contribution in [1.29, 1.82) is 0 Å². The molecule has 2 aromatic carbocycles. The van der Waals surface area contributed by atoms with Gasteiger partial charge in [-0.1, -0.05) is 54.7 Å².